The van der Waals surface area contributed by atoms with E-state index in [2.05, 4.69) is 26.6 Å². The monoisotopic (exact) mass is 350 g/mol. The van der Waals surface area contributed by atoms with E-state index in [1.165, 1.54) is 12.1 Å². The molecule has 0 radical (unpaired) electrons. The minimum absolute atomic E-state index is 0.0768. The zero-order valence-corrected chi connectivity index (χ0v) is 13.5. The molecule has 0 atom stereocenters. The predicted molar refractivity (Wildman–Crippen MR) is 80.1 cm³/mol. The van der Waals surface area contributed by atoms with Crippen LogP contribution in [0.25, 0.3) is 0 Å². The fourth-order valence-electron chi connectivity index (χ4n) is 1.39. The van der Waals surface area contributed by atoms with Crippen molar-refractivity contribution < 1.29 is 9.18 Å². The summed E-state index contributed by atoms with van der Waals surface area (Å²) in [6, 6.07) is 2.49. The molecule has 1 amide bonds. The Labute approximate surface area is 126 Å². The molecule has 0 aliphatic rings. The van der Waals surface area contributed by atoms with Crippen LogP contribution < -0.4 is 10.6 Å². The summed E-state index contributed by atoms with van der Waals surface area (Å²) in [6.45, 7) is 5.98. The number of hydrogen-bond acceptors (Lipinski definition) is 2. The van der Waals surface area contributed by atoms with Gasteiger partial charge in [-0.05, 0) is 48.3 Å². The van der Waals surface area contributed by atoms with E-state index in [1.807, 2.05) is 20.8 Å². The second kappa shape index (κ2) is 6.57. The molecule has 1 aromatic carbocycles. The molecular weight excluding hydrogens is 335 g/mol. The van der Waals surface area contributed by atoms with Gasteiger partial charge in [0.2, 0.25) is 5.91 Å². The normalized spacial score (nSPS) is 11.3. The van der Waals surface area contributed by atoms with Gasteiger partial charge in [0, 0.05) is 10.0 Å². The Bertz CT molecular complexity index is 457. The molecule has 0 spiro atoms. The molecule has 0 saturated carbocycles. The Morgan fingerprint density at radius 3 is 2.63 bits per heavy atom. The van der Waals surface area contributed by atoms with Crippen LogP contribution in [-0.4, -0.2) is 18.0 Å². The van der Waals surface area contributed by atoms with E-state index in [0.717, 1.165) is 6.42 Å². The molecule has 1 rings (SSSR count). The van der Waals surface area contributed by atoms with Crippen LogP contribution in [0.15, 0.2) is 16.6 Å². The SMILES string of the molecule is CCC(C)(C)NC(=O)CNc1c(Cl)cc(F)cc1Br. The maximum Gasteiger partial charge on any atom is 0.239 e. The second-order valence-corrected chi connectivity index (χ2v) is 6.15. The average Bonchev–Trinajstić information content (AvgIpc) is 2.26. The van der Waals surface area contributed by atoms with Crippen LogP contribution in [0.1, 0.15) is 27.2 Å². The van der Waals surface area contributed by atoms with Crippen molar-refractivity contribution in [2.75, 3.05) is 11.9 Å². The molecule has 0 saturated heterocycles. The molecule has 106 valence electrons. The van der Waals surface area contributed by atoms with Crippen LogP contribution >= 0.6 is 27.5 Å². The predicted octanol–water partition coefficient (Wildman–Crippen LogP) is 3.96. The van der Waals surface area contributed by atoms with Crippen molar-refractivity contribution in [3.63, 3.8) is 0 Å². The van der Waals surface area contributed by atoms with Crippen LogP contribution in [0, 0.1) is 5.82 Å². The van der Waals surface area contributed by atoms with E-state index in [1.54, 1.807) is 0 Å². The molecule has 0 heterocycles. The maximum absolute atomic E-state index is 13.1. The highest BCUT2D eigenvalue weighted by Crippen LogP contribution is 2.31. The number of carbonyl (C=O) groups excluding carboxylic acids is 1. The van der Waals surface area contributed by atoms with Gasteiger partial charge in [0.05, 0.1) is 17.3 Å². The standard InChI is InChI=1S/C13H17BrClFN2O/c1-4-13(2,3)18-11(19)7-17-12-9(14)5-8(16)6-10(12)15/h5-6,17H,4,7H2,1-3H3,(H,18,19). The number of benzene rings is 1. The van der Waals surface area contributed by atoms with Crippen LogP contribution in [-0.2, 0) is 4.79 Å². The summed E-state index contributed by atoms with van der Waals surface area (Å²) in [6.07, 6.45) is 0.833. The van der Waals surface area contributed by atoms with Crippen molar-refractivity contribution in [1.29, 1.82) is 0 Å². The Balaban J connectivity index is 2.65. The number of anilines is 1. The molecule has 0 aliphatic heterocycles. The quantitative estimate of drug-likeness (QED) is 0.843. The van der Waals surface area contributed by atoms with Crippen LogP contribution in [0.3, 0.4) is 0 Å². The van der Waals surface area contributed by atoms with E-state index in [0.29, 0.717) is 10.2 Å². The van der Waals surface area contributed by atoms with Gasteiger partial charge < -0.3 is 10.6 Å². The number of amides is 1. The minimum atomic E-state index is -0.431. The molecule has 1 aromatic rings. The van der Waals surface area contributed by atoms with Gasteiger partial charge in [-0.3, -0.25) is 4.79 Å². The second-order valence-electron chi connectivity index (χ2n) is 4.88. The molecule has 19 heavy (non-hydrogen) atoms. The summed E-state index contributed by atoms with van der Waals surface area (Å²) in [5.41, 5.74) is 0.260. The molecule has 0 unspecified atom stereocenters. The zero-order valence-electron chi connectivity index (χ0n) is 11.1. The van der Waals surface area contributed by atoms with E-state index >= 15 is 0 Å². The van der Waals surface area contributed by atoms with Crippen molar-refractivity contribution >= 4 is 39.1 Å². The van der Waals surface area contributed by atoms with E-state index in [9.17, 15) is 9.18 Å². The van der Waals surface area contributed by atoms with Gasteiger partial charge in [0.15, 0.2) is 0 Å². The molecule has 0 aliphatic carbocycles. The van der Waals surface area contributed by atoms with Gasteiger partial charge in [-0.15, -0.1) is 0 Å². The lowest BCUT2D eigenvalue weighted by Gasteiger charge is -2.24. The lowest BCUT2D eigenvalue weighted by atomic mass is 10.0. The van der Waals surface area contributed by atoms with Gasteiger partial charge in [-0.25, -0.2) is 4.39 Å². The van der Waals surface area contributed by atoms with Gasteiger partial charge in [0.1, 0.15) is 5.82 Å². The largest absolute Gasteiger partial charge is 0.374 e. The smallest absolute Gasteiger partial charge is 0.239 e. The minimum Gasteiger partial charge on any atom is -0.374 e. The average molecular weight is 352 g/mol. The fraction of sp³-hybridized carbons (Fsp3) is 0.462. The first-order valence-electron chi connectivity index (χ1n) is 5.94. The van der Waals surface area contributed by atoms with E-state index < -0.39 is 5.82 Å². The van der Waals surface area contributed by atoms with Gasteiger partial charge >= 0.3 is 0 Å². The van der Waals surface area contributed by atoms with Crippen LogP contribution in [0.5, 0.6) is 0 Å². The van der Waals surface area contributed by atoms with Crippen molar-refractivity contribution in [1.82, 2.24) is 5.32 Å². The Morgan fingerprint density at radius 2 is 2.11 bits per heavy atom. The summed E-state index contributed by atoms with van der Waals surface area (Å²) >= 11 is 9.12. The summed E-state index contributed by atoms with van der Waals surface area (Å²) in [5.74, 6) is -0.571. The van der Waals surface area contributed by atoms with E-state index in [-0.39, 0.29) is 23.0 Å². The lowest BCUT2D eigenvalue weighted by molar-refractivity contribution is -0.121. The van der Waals surface area contributed by atoms with Crippen molar-refractivity contribution in [2.45, 2.75) is 32.7 Å². The number of carbonyl (C=O) groups is 1. The molecule has 3 nitrogen and oxygen atoms in total. The number of hydrogen-bond donors (Lipinski definition) is 2. The van der Waals surface area contributed by atoms with Crippen molar-refractivity contribution in [3.05, 3.63) is 27.4 Å². The third-order valence-corrected chi connectivity index (χ3v) is 3.72. The molecule has 0 aromatic heterocycles. The van der Waals surface area contributed by atoms with Crippen molar-refractivity contribution in [2.24, 2.45) is 0 Å². The first-order valence-corrected chi connectivity index (χ1v) is 7.11. The van der Waals surface area contributed by atoms with Gasteiger partial charge in [0.25, 0.3) is 0 Å². The molecule has 6 heteroatoms. The van der Waals surface area contributed by atoms with Crippen molar-refractivity contribution in [3.8, 4) is 0 Å². The van der Waals surface area contributed by atoms with Crippen LogP contribution in [0.2, 0.25) is 5.02 Å². The number of rotatable bonds is 5. The summed E-state index contributed by atoms with van der Waals surface area (Å²) in [5, 5.41) is 6.02. The summed E-state index contributed by atoms with van der Waals surface area (Å²) in [7, 11) is 0. The molecule has 0 fully saturated rings. The first kappa shape index (κ1) is 16.2. The summed E-state index contributed by atoms with van der Waals surface area (Å²) in [4.78, 5) is 11.8. The fourth-order valence-corrected chi connectivity index (χ4v) is 2.35. The highest BCUT2D eigenvalue weighted by molar-refractivity contribution is 9.10. The van der Waals surface area contributed by atoms with E-state index in [4.69, 9.17) is 11.6 Å². The lowest BCUT2D eigenvalue weighted by Crippen LogP contribution is -2.45. The summed E-state index contributed by atoms with van der Waals surface area (Å²) < 4.78 is 13.5. The molecule has 2 N–H and O–H groups in total. The third kappa shape index (κ3) is 4.99. The first-order chi connectivity index (χ1) is 8.75. The highest BCUT2D eigenvalue weighted by atomic mass is 79.9. The Morgan fingerprint density at radius 1 is 1.47 bits per heavy atom. The Kier molecular flexibility index (Phi) is 5.62. The van der Waals surface area contributed by atoms with Crippen LogP contribution in [0.4, 0.5) is 10.1 Å². The number of nitrogens with one attached hydrogen (secondary N) is 2. The Hall–Kier alpha value is -0.810. The van der Waals surface area contributed by atoms with Gasteiger partial charge in [-0.2, -0.15) is 0 Å². The zero-order chi connectivity index (χ0) is 14.6. The topological polar surface area (TPSA) is 41.1 Å². The van der Waals surface area contributed by atoms with Gasteiger partial charge in [-0.1, -0.05) is 18.5 Å². The third-order valence-electron chi connectivity index (χ3n) is 2.79. The molecule has 0 bridgehead atoms. The highest BCUT2D eigenvalue weighted by Gasteiger charge is 2.18. The molecular formula is C13H17BrClFN2O. The number of halogens is 3. The maximum atomic E-state index is 13.1.